The number of carbonyl (C=O) groups is 1. The van der Waals surface area contributed by atoms with E-state index in [0.717, 1.165) is 5.56 Å². The molecule has 0 aliphatic heterocycles. The van der Waals surface area contributed by atoms with Gasteiger partial charge in [-0.2, -0.15) is 0 Å². The molecule has 0 bridgehead atoms. The van der Waals surface area contributed by atoms with Crippen LogP contribution in [0.1, 0.15) is 10.4 Å². The fourth-order valence-corrected chi connectivity index (χ4v) is 2.23. The van der Waals surface area contributed by atoms with E-state index in [-0.39, 0.29) is 12.5 Å². The zero-order valence-corrected chi connectivity index (χ0v) is 12.3. The number of nitrogens with zero attached hydrogens (tertiary/aromatic N) is 1. The van der Waals surface area contributed by atoms with Crippen molar-refractivity contribution in [1.82, 2.24) is 10.3 Å². The molecule has 2 aromatic carbocycles. The quantitative estimate of drug-likeness (QED) is 0.752. The van der Waals surface area contributed by atoms with Gasteiger partial charge < -0.3 is 9.73 Å². The monoisotopic (exact) mass is 302 g/mol. The first-order valence-electron chi connectivity index (χ1n) is 7.12. The minimum absolute atomic E-state index is 0.175. The second-order valence-electron chi connectivity index (χ2n) is 4.83. The van der Waals surface area contributed by atoms with E-state index in [4.69, 9.17) is 10.8 Å². The molecular weight excluding hydrogens is 288 g/mol. The number of terminal acetylenes is 1. The van der Waals surface area contributed by atoms with E-state index < -0.39 is 0 Å². The van der Waals surface area contributed by atoms with Crippen LogP contribution in [0.15, 0.2) is 65.2 Å². The van der Waals surface area contributed by atoms with Gasteiger partial charge in [0.25, 0.3) is 5.91 Å². The van der Waals surface area contributed by atoms with Gasteiger partial charge in [-0.3, -0.25) is 4.79 Å². The number of aromatic nitrogens is 1. The maximum Gasteiger partial charge on any atom is 0.252 e. The van der Waals surface area contributed by atoms with Crippen molar-refractivity contribution in [3.05, 3.63) is 66.4 Å². The van der Waals surface area contributed by atoms with Gasteiger partial charge in [0.1, 0.15) is 0 Å². The van der Waals surface area contributed by atoms with Crippen LogP contribution < -0.4 is 5.32 Å². The summed E-state index contributed by atoms with van der Waals surface area (Å²) >= 11 is 0. The maximum absolute atomic E-state index is 12.2. The van der Waals surface area contributed by atoms with E-state index in [2.05, 4.69) is 16.2 Å². The highest BCUT2D eigenvalue weighted by molar-refractivity contribution is 6.00. The standard InChI is InChI=1S/C19H14N2O2/c1-2-12-20-18(22)15-10-6-7-11-16(15)19-21-13-17(23-19)14-8-4-3-5-9-14/h1,3-11,13H,12H2,(H,20,22). The summed E-state index contributed by atoms with van der Waals surface area (Å²) in [5.74, 6) is 3.18. The average molecular weight is 302 g/mol. The van der Waals surface area contributed by atoms with E-state index in [0.29, 0.717) is 22.8 Å². The first-order valence-corrected chi connectivity index (χ1v) is 7.12. The summed E-state index contributed by atoms with van der Waals surface area (Å²) in [4.78, 5) is 16.5. The molecule has 0 saturated carbocycles. The van der Waals surface area contributed by atoms with E-state index in [1.54, 1.807) is 24.4 Å². The molecule has 0 saturated heterocycles. The highest BCUT2D eigenvalue weighted by Crippen LogP contribution is 2.28. The molecular formula is C19H14N2O2. The minimum atomic E-state index is -0.252. The fourth-order valence-electron chi connectivity index (χ4n) is 2.23. The molecule has 3 rings (SSSR count). The molecule has 23 heavy (non-hydrogen) atoms. The number of amides is 1. The number of carbonyl (C=O) groups excluding carboxylic acids is 1. The lowest BCUT2D eigenvalue weighted by Gasteiger charge is -2.06. The molecule has 1 amide bonds. The normalized spacial score (nSPS) is 10.0. The van der Waals surface area contributed by atoms with Gasteiger partial charge in [-0.25, -0.2) is 4.98 Å². The van der Waals surface area contributed by atoms with Crippen LogP contribution in [0.25, 0.3) is 22.8 Å². The molecule has 112 valence electrons. The van der Waals surface area contributed by atoms with Crippen LogP contribution in [-0.4, -0.2) is 17.4 Å². The summed E-state index contributed by atoms with van der Waals surface area (Å²) in [5, 5.41) is 2.65. The van der Waals surface area contributed by atoms with Crippen molar-refractivity contribution in [3.63, 3.8) is 0 Å². The molecule has 0 fully saturated rings. The number of hydrogen-bond donors (Lipinski definition) is 1. The molecule has 0 unspecified atom stereocenters. The lowest BCUT2D eigenvalue weighted by atomic mass is 10.1. The number of oxazole rings is 1. The van der Waals surface area contributed by atoms with Crippen molar-refractivity contribution >= 4 is 5.91 Å². The maximum atomic E-state index is 12.2. The number of nitrogens with one attached hydrogen (secondary N) is 1. The summed E-state index contributed by atoms with van der Waals surface area (Å²) in [5.41, 5.74) is 2.04. The zero-order valence-electron chi connectivity index (χ0n) is 12.3. The van der Waals surface area contributed by atoms with Crippen LogP contribution in [0.2, 0.25) is 0 Å². The Morgan fingerprint density at radius 2 is 1.87 bits per heavy atom. The fraction of sp³-hybridized carbons (Fsp3) is 0.0526. The van der Waals surface area contributed by atoms with Gasteiger partial charge >= 0.3 is 0 Å². The molecule has 0 aliphatic rings. The lowest BCUT2D eigenvalue weighted by molar-refractivity contribution is 0.0959. The van der Waals surface area contributed by atoms with Crippen LogP contribution in [0.3, 0.4) is 0 Å². The molecule has 0 radical (unpaired) electrons. The van der Waals surface area contributed by atoms with Crippen LogP contribution in [0.4, 0.5) is 0 Å². The van der Waals surface area contributed by atoms with Gasteiger partial charge in [0.05, 0.1) is 18.3 Å². The van der Waals surface area contributed by atoms with Gasteiger partial charge in [-0.1, -0.05) is 48.4 Å². The van der Waals surface area contributed by atoms with Gasteiger partial charge in [-0.15, -0.1) is 6.42 Å². The van der Waals surface area contributed by atoms with Gasteiger partial charge in [0, 0.05) is 11.1 Å². The van der Waals surface area contributed by atoms with E-state index in [9.17, 15) is 4.79 Å². The summed E-state index contributed by atoms with van der Waals surface area (Å²) in [7, 11) is 0. The van der Waals surface area contributed by atoms with Crippen molar-refractivity contribution in [2.24, 2.45) is 0 Å². The molecule has 0 atom stereocenters. The highest BCUT2D eigenvalue weighted by Gasteiger charge is 2.16. The molecule has 4 heteroatoms. The number of hydrogen-bond acceptors (Lipinski definition) is 3. The van der Waals surface area contributed by atoms with Gasteiger partial charge in [0.15, 0.2) is 5.76 Å². The second-order valence-corrected chi connectivity index (χ2v) is 4.83. The number of benzene rings is 2. The molecule has 1 heterocycles. The van der Waals surface area contributed by atoms with Crippen LogP contribution in [-0.2, 0) is 0 Å². The summed E-state index contributed by atoms with van der Waals surface area (Å²) in [6.45, 7) is 0.175. The average Bonchev–Trinajstić information content (AvgIpc) is 3.10. The molecule has 3 aromatic rings. The number of rotatable bonds is 4. The van der Waals surface area contributed by atoms with Crippen molar-refractivity contribution in [2.45, 2.75) is 0 Å². The van der Waals surface area contributed by atoms with Crippen LogP contribution in [0.5, 0.6) is 0 Å². The van der Waals surface area contributed by atoms with E-state index >= 15 is 0 Å². The Bertz CT molecular complexity index is 860. The third kappa shape index (κ3) is 3.14. The molecule has 1 aromatic heterocycles. The predicted molar refractivity (Wildman–Crippen MR) is 88.5 cm³/mol. The Kier molecular flexibility index (Phi) is 4.21. The van der Waals surface area contributed by atoms with Gasteiger partial charge in [-0.05, 0) is 12.1 Å². The van der Waals surface area contributed by atoms with Crippen molar-refractivity contribution in [2.75, 3.05) is 6.54 Å². The SMILES string of the molecule is C#CCNC(=O)c1ccccc1-c1ncc(-c2ccccc2)o1. The summed E-state index contributed by atoms with van der Waals surface area (Å²) in [6, 6.07) is 16.8. The predicted octanol–water partition coefficient (Wildman–Crippen LogP) is 3.37. The first-order chi connectivity index (χ1) is 11.3. The van der Waals surface area contributed by atoms with Crippen LogP contribution in [0, 0.1) is 12.3 Å². The Morgan fingerprint density at radius 3 is 2.65 bits per heavy atom. The molecule has 1 N–H and O–H groups in total. The highest BCUT2D eigenvalue weighted by atomic mass is 16.4. The largest absolute Gasteiger partial charge is 0.436 e. The van der Waals surface area contributed by atoms with E-state index in [1.807, 2.05) is 36.4 Å². The molecule has 0 aliphatic carbocycles. The van der Waals surface area contributed by atoms with Crippen molar-refractivity contribution in [1.29, 1.82) is 0 Å². The lowest BCUT2D eigenvalue weighted by Crippen LogP contribution is -2.24. The topological polar surface area (TPSA) is 55.1 Å². The van der Waals surface area contributed by atoms with Crippen molar-refractivity contribution < 1.29 is 9.21 Å². The zero-order chi connectivity index (χ0) is 16.1. The minimum Gasteiger partial charge on any atom is -0.436 e. The summed E-state index contributed by atoms with van der Waals surface area (Å²) in [6.07, 6.45) is 6.83. The smallest absolute Gasteiger partial charge is 0.252 e. The van der Waals surface area contributed by atoms with Gasteiger partial charge in [0.2, 0.25) is 5.89 Å². The third-order valence-corrected chi connectivity index (χ3v) is 3.32. The Labute approximate surface area is 134 Å². The summed E-state index contributed by atoms with van der Waals surface area (Å²) < 4.78 is 5.82. The van der Waals surface area contributed by atoms with Crippen LogP contribution >= 0.6 is 0 Å². The third-order valence-electron chi connectivity index (χ3n) is 3.32. The Morgan fingerprint density at radius 1 is 1.13 bits per heavy atom. The second kappa shape index (κ2) is 6.63. The molecule has 4 nitrogen and oxygen atoms in total. The Balaban J connectivity index is 1.96. The first kappa shape index (κ1) is 14.6. The Hall–Kier alpha value is -3.32. The van der Waals surface area contributed by atoms with Crippen molar-refractivity contribution in [3.8, 4) is 35.1 Å². The van der Waals surface area contributed by atoms with E-state index in [1.165, 1.54) is 0 Å². The molecule has 0 spiro atoms.